The van der Waals surface area contributed by atoms with E-state index >= 15 is 0 Å². The molecule has 7 heteroatoms. The van der Waals surface area contributed by atoms with Gasteiger partial charge in [0.05, 0.1) is 0 Å². The number of hydrogen-bond donors (Lipinski definition) is 0. The summed E-state index contributed by atoms with van der Waals surface area (Å²) < 4.78 is 30.6. The largest absolute Gasteiger partial charge is 0.444 e. The Bertz CT molecular complexity index is 1080. The maximum absolute atomic E-state index is 12.1. The van der Waals surface area contributed by atoms with Crippen molar-refractivity contribution >= 4 is 15.7 Å². The van der Waals surface area contributed by atoms with Gasteiger partial charge in [0.2, 0.25) is 5.09 Å². The molecule has 1 aliphatic rings. The molecule has 0 saturated heterocycles. The summed E-state index contributed by atoms with van der Waals surface area (Å²) in [4.78, 5) is 5.49. The molecule has 0 amide bonds. The first kappa shape index (κ1) is 17.5. The average Bonchev–Trinajstić information content (AvgIpc) is 3.26. The minimum atomic E-state index is -3.60. The summed E-state index contributed by atoms with van der Waals surface area (Å²) >= 11 is 0. The van der Waals surface area contributed by atoms with Gasteiger partial charge in [-0.1, -0.05) is 53.7 Å². The predicted octanol–water partition coefficient (Wildman–Crippen LogP) is 3.48. The van der Waals surface area contributed by atoms with Crippen molar-refractivity contribution in [1.82, 2.24) is 4.31 Å². The summed E-state index contributed by atoms with van der Waals surface area (Å²) in [6.07, 6.45) is 0. The molecular formula is C20H18N2O4S. The van der Waals surface area contributed by atoms with E-state index in [0.717, 1.165) is 32.3 Å². The summed E-state index contributed by atoms with van der Waals surface area (Å²) in [6, 6.07) is 19.0. The van der Waals surface area contributed by atoms with Crippen molar-refractivity contribution in [2.24, 2.45) is 5.16 Å². The van der Waals surface area contributed by atoms with Crippen molar-refractivity contribution in [2.45, 2.75) is 11.7 Å². The van der Waals surface area contributed by atoms with E-state index in [2.05, 4.69) is 17.3 Å². The minimum absolute atomic E-state index is 0.0385. The highest BCUT2D eigenvalue weighted by atomic mass is 32.2. The van der Waals surface area contributed by atoms with Gasteiger partial charge in [-0.2, -0.15) is 0 Å². The SMILES string of the molecule is CN(C)S(=O)(=O)c1ccc(CON=C2c3ccccc3-c3ccccc32)o1. The van der Waals surface area contributed by atoms with Gasteiger partial charge >= 0.3 is 0 Å². The molecule has 2 aromatic carbocycles. The van der Waals surface area contributed by atoms with Crippen LogP contribution in [0.4, 0.5) is 0 Å². The van der Waals surface area contributed by atoms with Crippen LogP contribution < -0.4 is 0 Å². The second-order valence-electron chi connectivity index (χ2n) is 6.31. The summed E-state index contributed by atoms with van der Waals surface area (Å²) in [5.74, 6) is 0.388. The molecule has 1 aliphatic carbocycles. The van der Waals surface area contributed by atoms with E-state index < -0.39 is 10.0 Å². The second-order valence-corrected chi connectivity index (χ2v) is 8.40. The molecule has 0 N–H and O–H groups in total. The number of rotatable bonds is 5. The first-order valence-electron chi connectivity index (χ1n) is 8.39. The van der Waals surface area contributed by atoms with E-state index in [1.165, 1.54) is 20.2 Å². The van der Waals surface area contributed by atoms with Gasteiger partial charge in [0, 0.05) is 25.2 Å². The van der Waals surface area contributed by atoms with E-state index in [0.29, 0.717) is 5.76 Å². The van der Waals surface area contributed by atoms with Crippen molar-refractivity contribution in [3.63, 3.8) is 0 Å². The smallest absolute Gasteiger partial charge is 0.275 e. The number of furan rings is 1. The van der Waals surface area contributed by atoms with Gasteiger partial charge in [-0.25, -0.2) is 12.7 Å². The van der Waals surface area contributed by atoms with Gasteiger partial charge in [0.15, 0.2) is 6.61 Å². The van der Waals surface area contributed by atoms with Crippen LogP contribution in [0.1, 0.15) is 16.9 Å². The van der Waals surface area contributed by atoms with Gasteiger partial charge < -0.3 is 9.25 Å². The second kappa shape index (κ2) is 6.68. The van der Waals surface area contributed by atoms with Crippen LogP contribution in [0, 0.1) is 0 Å². The lowest BCUT2D eigenvalue weighted by atomic mass is 10.1. The Balaban J connectivity index is 1.57. The van der Waals surface area contributed by atoms with Crippen molar-refractivity contribution in [3.05, 3.63) is 77.6 Å². The van der Waals surface area contributed by atoms with Crippen LogP contribution in [0.15, 0.2) is 75.3 Å². The molecule has 138 valence electrons. The molecule has 0 aliphatic heterocycles. The van der Waals surface area contributed by atoms with Gasteiger partial charge in [0.25, 0.3) is 10.0 Å². The fourth-order valence-electron chi connectivity index (χ4n) is 3.01. The standard InChI is InChI=1S/C20H18N2O4S/c1-22(2)27(23,24)19-12-11-14(26-19)13-25-21-20-17-9-5-3-7-15(17)16-8-4-6-10-18(16)20/h3-12H,13H2,1-2H3. The van der Waals surface area contributed by atoms with Crippen LogP contribution in [0.2, 0.25) is 0 Å². The predicted molar refractivity (Wildman–Crippen MR) is 102 cm³/mol. The maximum Gasteiger partial charge on any atom is 0.275 e. The third kappa shape index (κ3) is 3.05. The molecule has 0 atom stereocenters. The first-order chi connectivity index (χ1) is 13.0. The zero-order valence-corrected chi connectivity index (χ0v) is 15.7. The number of oxime groups is 1. The molecule has 27 heavy (non-hydrogen) atoms. The number of hydrogen-bond acceptors (Lipinski definition) is 5. The zero-order valence-electron chi connectivity index (χ0n) is 14.9. The van der Waals surface area contributed by atoms with Crippen molar-refractivity contribution < 1.29 is 17.7 Å². The Morgan fingerprint density at radius 3 is 2.00 bits per heavy atom. The lowest BCUT2D eigenvalue weighted by Crippen LogP contribution is -2.21. The van der Waals surface area contributed by atoms with Crippen LogP contribution >= 0.6 is 0 Å². The molecule has 4 rings (SSSR count). The first-order valence-corrected chi connectivity index (χ1v) is 9.83. The van der Waals surface area contributed by atoms with E-state index in [1.54, 1.807) is 6.07 Å². The summed E-state index contributed by atoms with van der Waals surface area (Å²) in [5, 5.41) is 4.19. The topological polar surface area (TPSA) is 72.1 Å². The highest BCUT2D eigenvalue weighted by Gasteiger charge is 2.25. The zero-order chi connectivity index (χ0) is 19.0. The van der Waals surface area contributed by atoms with Crippen molar-refractivity contribution in [1.29, 1.82) is 0 Å². The Morgan fingerprint density at radius 1 is 0.889 bits per heavy atom. The van der Waals surface area contributed by atoms with Crippen LogP contribution in [-0.4, -0.2) is 32.5 Å². The molecular weight excluding hydrogens is 364 g/mol. The monoisotopic (exact) mass is 382 g/mol. The lowest BCUT2D eigenvalue weighted by Gasteiger charge is -2.07. The normalized spacial score (nSPS) is 12.8. The maximum atomic E-state index is 12.1. The molecule has 0 bridgehead atoms. The fraction of sp³-hybridized carbons (Fsp3) is 0.150. The van der Waals surface area contributed by atoms with Crippen LogP contribution in [0.5, 0.6) is 0 Å². The van der Waals surface area contributed by atoms with Crippen LogP contribution in [-0.2, 0) is 21.5 Å². The molecule has 0 saturated carbocycles. The van der Waals surface area contributed by atoms with Crippen LogP contribution in [0.3, 0.4) is 0 Å². The average molecular weight is 382 g/mol. The third-order valence-electron chi connectivity index (χ3n) is 4.39. The summed E-state index contributed by atoms with van der Waals surface area (Å²) in [7, 11) is -0.695. The molecule has 0 unspecified atom stereocenters. The van der Waals surface area contributed by atoms with Gasteiger partial charge in [-0.3, -0.25) is 0 Å². The van der Waals surface area contributed by atoms with E-state index in [1.807, 2.05) is 36.4 Å². The van der Waals surface area contributed by atoms with Crippen LogP contribution in [0.25, 0.3) is 11.1 Å². The molecule has 1 aromatic heterocycles. The Labute approximate surface area is 157 Å². The molecule has 1 heterocycles. The third-order valence-corrected chi connectivity index (χ3v) is 6.08. The fourth-order valence-corrected chi connectivity index (χ4v) is 3.82. The Hall–Kier alpha value is -2.90. The van der Waals surface area contributed by atoms with E-state index in [-0.39, 0.29) is 11.7 Å². The van der Waals surface area contributed by atoms with Gasteiger partial charge in [-0.15, -0.1) is 0 Å². The molecule has 6 nitrogen and oxygen atoms in total. The van der Waals surface area contributed by atoms with Gasteiger partial charge in [-0.05, 0) is 23.3 Å². The van der Waals surface area contributed by atoms with Crippen molar-refractivity contribution in [3.8, 4) is 11.1 Å². The Kier molecular flexibility index (Phi) is 4.33. The summed E-state index contributed by atoms with van der Waals surface area (Å²) in [5.41, 5.74) is 5.01. The quantitative estimate of drug-likeness (QED) is 0.496. The molecule has 3 aromatic rings. The highest BCUT2D eigenvalue weighted by Crippen LogP contribution is 2.36. The molecule has 0 fully saturated rings. The van der Waals surface area contributed by atoms with Crippen molar-refractivity contribution in [2.75, 3.05) is 14.1 Å². The van der Waals surface area contributed by atoms with Gasteiger partial charge in [0.1, 0.15) is 11.5 Å². The number of nitrogens with zero attached hydrogens (tertiary/aromatic N) is 2. The number of benzene rings is 2. The minimum Gasteiger partial charge on any atom is -0.444 e. The number of fused-ring (bicyclic) bond motifs is 3. The number of sulfonamides is 1. The summed E-state index contributed by atoms with van der Waals surface area (Å²) in [6.45, 7) is 0.0385. The van der Waals surface area contributed by atoms with E-state index in [4.69, 9.17) is 9.25 Å². The van der Waals surface area contributed by atoms with E-state index in [9.17, 15) is 8.42 Å². The molecule has 0 spiro atoms. The highest BCUT2D eigenvalue weighted by molar-refractivity contribution is 7.88. The molecule has 0 radical (unpaired) electrons. The lowest BCUT2D eigenvalue weighted by molar-refractivity contribution is 0.111. The Morgan fingerprint density at radius 2 is 1.44 bits per heavy atom.